The summed E-state index contributed by atoms with van der Waals surface area (Å²) in [6.45, 7) is 0. The van der Waals surface area contributed by atoms with E-state index in [9.17, 15) is 18.1 Å². The van der Waals surface area contributed by atoms with Crippen molar-refractivity contribution in [3.63, 3.8) is 0 Å². The number of ether oxygens (including phenoxy) is 1. The molecule has 120 valence electrons. The van der Waals surface area contributed by atoms with E-state index in [-0.39, 0.29) is 10.6 Å². The van der Waals surface area contributed by atoms with Gasteiger partial charge in [0.15, 0.2) is 11.6 Å². The Bertz CT molecular complexity index is 845. The van der Waals surface area contributed by atoms with Crippen molar-refractivity contribution in [1.82, 2.24) is 0 Å². The van der Waals surface area contributed by atoms with Crippen LogP contribution in [0.25, 0.3) is 0 Å². The molecule has 0 heterocycles. The molecule has 0 spiro atoms. The van der Waals surface area contributed by atoms with E-state index in [1.807, 2.05) is 6.07 Å². The van der Waals surface area contributed by atoms with Gasteiger partial charge in [0.05, 0.1) is 18.1 Å². The lowest BCUT2D eigenvalue weighted by Crippen LogP contribution is -2.12. The topological polar surface area (TPSA) is 105 Å². The molecule has 0 saturated carbocycles. The van der Waals surface area contributed by atoms with Crippen LogP contribution in [0.4, 0.5) is 10.1 Å². The summed E-state index contributed by atoms with van der Waals surface area (Å²) < 4.78 is 40.9. The van der Waals surface area contributed by atoms with E-state index in [4.69, 9.17) is 9.88 Å². The standard InChI is InChI=1S/C15H14FN3O3S/c1-22-15-7-2-10(8-13(15)16)14(9-17)19-11-3-5-12(6-4-11)23(18,20)21/h2-8,14,19H,1H3,(H2,18,20,21). The number of sulfonamides is 1. The number of halogens is 1. The number of primary sulfonamides is 1. The number of nitriles is 1. The number of benzene rings is 2. The molecule has 8 heteroatoms. The Hall–Kier alpha value is -2.63. The third-order valence-corrected chi connectivity index (χ3v) is 4.06. The van der Waals surface area contributed by atoms with Crippen LogP contribution in [0.3, 0.4) is 0 Å². The third kappa shape index (κ3) is 3.97. The molecule has 0 aliphatic heterocycles. The molecule has 0 saturated heterocycles. The van der Waals surface area contributed by atoms with E-state index in [1.54, 1.807) is 6.07 Å². The predicted molar refractivity (Wildman–Crippen MR) is 82.7 cm³/mol. The van der Waals surface area contributed by atoms with Gasteiger partial charge in [-0.1, -0.05) is 6.07 Å². The number of hydrogen-bond acceptors (Lipinski definition) is 5. The highest BCUT2D eigenvalue weighted by Gasteiger charge is 2.14. The Morgan fingerprint density at radius 3 is 2.39 bits per heavy atom. The number of nitrogens with zero attached hydrogens (tertiary/aromatic N) is 1. The number of hydrogen-bond donors (Lipinski definition) is 2. The Morgan fingerprint density at radius 1 is 1.26 bits per heavy atom. The molecule has 0 radical (unpaired) electrons. The number of nitrogens with one attached hydrogen (secondary N) is 1. The van der Waals surface area contributed by atoms with Crippen molar-refractivity contribution >= 4 is 15.7 Å². The van der Waals surface area contributed by atoms with Crippen LogP contribution in [0.1, 0.15) is 11.6 Å². The number of methoxy groups -OCH3 is 1. The van der Waals surface area contributed by atoms with Gasteiger partial charge < -0.3 is 10.1 Å². The maximum atomic E-state index is 13.7. The highest BCUT2D eigenvalue weighted by molar-refractivity contribution is 7.89. The summed E-state index contributed by atoms with van der Waals surface area (Å²) in [4.78, 5) is -0.0351. The van der Waals surface area contributed by atoms with E-state index < -0.39 is 21.9 Å². The van der Waals surface area contributed by atoms with E-state index in [2.05, 4.69) is 5.32 Å². The van der Waals surface area contributed by atoms with Gasteiger partial charge >= 0.3 is 0 Å². The van der Waals surface area contributed by atoms with Crippen LogP contribution in [0, 0.1) is 17.1 Å². The molecule has 3 N–H and O–H groups in total. The molecule has 2 rings (SSSR count). The molecule has 1 unspecified atom stereocenters. The highest BCUT2D eigenvalue weighted by Crippen LogP contribution is 2.24. The van der Waals surface area contributed by atoms with Crippen molar-refractivity contribution in [1.29, 1.82) is 5.26 Å². The summed E-state index contributed by atoms with van der Waals surface area (Å²) in [6.07, 6.45) is 0. The molecular formula is C15H14FN3O3S. The van der Waals surface area contributed by atoms with Crippen LogP contribution in [-0.4, -0.2) is 15.5 Å². The molecule has 0 aliphatic rings. The van der Waals surface area contributed by atoms with Crippen molar-refractivity contribution in [3.8, 4) is 11.8 Å². The molecule has 2 aromatic carbocycles. The summed E-state index contributed by atoms with van der Waals surface area (Å²) in [5.41, 5.74) is 0.918. The summed E-state index contributed by atoms with van der Waals surface area (Å²) in [5, 5.41) is 17.2. The second-order valence-corrected chi connectivity index (χ2v) is 6.23. The van der Waals surface area contributed by atoms with Crippen LogP contribution in [-0.2, 0) is 10.0 Å². The molecule has 0 aliphatic carbocycles. The van der Waals surface area contributed by atoms with Crippen molar-refractivity contribution in [3.05, 3.63) is 53.8 Å². The first kappa shape index (κ1) is 16.7. The fraction of sp³-hybridized carbons (Fsp3) is 0.133. The predicted octanol–water partition coefficient (Wildman–Crippen LogP) is 2.16. The second-order valence-electron chi connectivity index (χ2n) is 4.67. The second kappa shape index (κ2) is 6.64. The molecule has 6 nitrogen and oxygen atoms in total. The minimum absolute atomic E-state index is 0.0351. The van der Waals surface area contributed by atoms with Crippen LogP contribution < -0.4 is 15.2 Å². The first-order valence-electron chi connectivity index (χ1n) is 6.47. The normalized spacial score (nSPS) is 12.3. The quantitative estimate of drug-likeness (QED) is 0.871. The lowest BCUT2D eigenvalue weighted by atomic mass is 10.1. The van der Waals surface area contributed by atoms with E-state index in [0.717, 1.165) is 0 Å². The van der Waals surface area contributed by atoms with Gasteiger partial charge in [-0.15, -0.1) is 0 Å². The zero-order chi connectivity index (χ0) is 17.0. The van der Waals surface area contributed by atoms with Gasteiger partial charge in [0, 0.05) is 5.69 Å². The third-order valence-electron chi connectivity index (χ3n) is 3.13. The lowest BCUT2D eigenvalue weighted by molar-refractivity contribution is 0.386. The molecule has 2 aromatic rings. The van der Waals surface area contributed by atoms with Crippen LogP contribution >= 0.6 is 0 Å². The Morgan fingerprint density at radius 2 is 1.91 bits per heavy atom. The molecular weight excluding hydrogens is 321 g/mol. The number of rotatable bonds is 5. The number of anilines is 1. The van der Waals surface area contributed by atoms with Crippen molar-refractivity contribution in [2.45, 2.75) is 10.9 Å². The first-order valence-corrected chi connectivity index (χ1v) is 8.02. The smallest absolute Gasteiger partial charge is 0.238 e. The maximum Gasteiger partial charge on any atom is 0.238 e. The van der Waals surface area contributed by atoms with Gasteiger partial charge in [0.1, 0.15) is 6.04 Å². The Kier molecular flexibility index (Phi) is 4.83. The lowest BCUT2D eigenvalue weighted by Gasteiger charge is -2.14. The minimum atomic E-state index is -3.78. The summed E-state index contributed by atoms with van der Waals surface area (Å²) in [5.74, 6) is -0.487. The summed E-state index contributed by atoms with van der Waals surface area (Å²) in [7, 11) is -2.42. The zero-order valence-corrected chi connectivity index (χ0v) is 13.0. The van der Waals surface area contributed by atoms with E-state index in [1.165, 1.54) is 43.5 Å². The van der Waals surface area contributed by atoms with Crippen molar-refractivity contribution < 1.29 is 17.5 Å². The maximum absolute atomic E-state index is 13.7. The monoisotopic (exact) mass is 335 g/mol. The van der Waals surface area contributed by atoms with Crippen LogP contribution in [0.15, 0.2) is 47.4 Å². The molecule has 1 atom stereocenters. The molecule has 23 heavy (non-hydrogen) atoms. The SMILES string of the molecule is COc1ccc(C(C#N)Nc2ccc(S(N)(=O)=O)cc2)cc1F. The van der Waals surface area contributed by atoms with Crippen LogP contribution in [0.2, 0.25) is 0 Å². The van der Waals surface area contributed by atoms with Gasteiger partial charge in [0.2, 0.25) is 10.0 Å². The minimum Gasteiger partial charge on any atom is -0.494 e. The Balaban J connectivity index is 2.23. The fourth-order valence-corrected chi connectivity index (χ4v) is 2.48. The van der Waals surface area contributed by atoms with E-state index >= 15 is 0 Å². The zero-order valence-electron chi connectivity index (χ0n) is 12.2. The largest absolute Gasteiger partial charge is 0.494 e. The Labute approximate surface area is 133 Å². The highest BCUT2D eigenvalue weighted by atomic mass is 32.2. The van der Waals surface area contributed by atoms with Gasteiger partial charge in [-0.2, -0.15) is 5.26 Å². The number of nitrogens with two attached hydrogens (primary N) is 1. The van der Waals surface area contributed by atoms with Crippen LogP contribution in [0.5, 0.6) is 5.75 Å². The van der Waals surface area contributed by atoms with Gasteiger partial charge in [-0.25, -0.2) is 17.9 Å². The molecule has 0 aromatic heterocycles. The van der Waals surface area contributed by atoms with E-state index in [0.29, 0.717) is 11.3 Å². The summed E-state index contributed by atoms with van der Waals surface area (Å²) in [6, 6.07) is 11.0. The average molecular weight is 335 g/mol. The molecule has 0 amide bonds. The summed E-state index contributed by atoms with van der Waals surface area (Å²) >= 11 is 0. The first-order chi connectivity index (χ1) is 10.8. The molecule has 0 bridgehead atoms. The molecule has 0 fully saturated rings. The van der Waals surface area contributed by atoms with Gasteiger partial charge in [0.25, 0.3) is 0 Å². The van der Waals surface area contributed by atoms with Crippen molar-refractivity contribution in [2.24, 2.45) is 5.14 Å². The van der Waals surface area contributed by atoms with Crippen molar-refractivity contribution in [2.75, 3.05) is 12.4 Å². The van der Waals surface area contributed by atoms with Gasteiger partial charge in [-0.3, -0.25) is 0 Å². The average Bonchev–Trinajstić information content (AvgIpc) is 2.52. The van der Waals surface area contributed by atoms with Gasteiger partial charge in [-0.05, 0) is 42.0 Å². The fourth-order valence-electron chi connectivity index (χ4n) is 1.96.